The average Bonchev–Trinajstić information content (AvgIpc) is 2.51. The molecule has 5 nitrogen and oxygen atoms in total. The van der Waals surface area contributed by atoms with Crippen LogP contribution in [0.25, 0.3) is 0 Å². The molecular weight excluding hydrogens is 300 g/mol. The Labute approximate surface area is 133 Å². The topological polar surface area (TPSA) is 65.7 Å². The van der Waals surface area contributed by atoms with Gasteiger partial charge >= 0.3 is 8.80 Å². The van der Waals surface area contributed by atoms with E-state index in [4.69, 9.17) is 19.0 Å². The van der Waals surface area contributed by atoms with Gasteiger partial charge in [0.05, 0.1) is 6.61 Å². The van der Waals surface area contributed by atoms with Crippen molar-refractivity contribution in [3.05, 3.63) is 35.9 Å². The second-order valence-corrected chi connectivity index (χ2v) is 7.44. The first-order valence-corrected chi connectivity index (χ1v) is 8.88. The predicted molar refractivity (Wildman–Crippen MR) is 93.9 cm³/mol. The summed E-state index contributed by atoms with van der Waals surface area (Å²) in [7, 11) is 0.764. The van der Waals surface area contributed by atoms with Crippen molar-refractivity contribution in [2.24, 2.45) is 5.73 Å². The van der Waals surface area contributed by atoms with Crippen molar-refractivity contribution in [1.29, 1.82) is 0 Å². The van der Waals surface area contributed by atoms with Crippen LogP contribution in [0.5, 0.6) is 0 Å². The number of aryl methyl sites for hydroxylation is 1. The number of rotatable bonds is 11. The Hall–Kier alpha value is -0.546. The van der Waals surface area contributed by atoms with Crippen molar-refractivity contribution < 1.29 is 13.3 Å². The van der Waals surface area contributed by atoms with Gasteiger partial charge in [-0.05, 0) is 22.9 Å². The molecule has 0 atom stereocenters. The Morgan fingerprint density at radius 1 is 1.10 bits per heavy atom. The summed E-state index contributed by atoms with van der Waals surface area (Å²) in [4.78, 5) is 0. The summed E-state index contributed by atoms with van der Waals surface area (Å²) in [5, 5.41) is 3.19. The highest BCUT2D eigenvalue weighted by Gasteiger charge is 2.38. The molecule has 0 aliphatic carbocycles. The van der Waals surface area contributed by atoms with Gasteiger partial charge in [0.1, 0.15) is 0 Å². The van der Waals surface area contributed by atoms with Crippen LogP contribution in [0.1, 0.15) is 5.56 Å². The molecule has 0 saturated carbocycles. The fraction of sp³-hybridized carbons (Fsp3) is 0.571. The van der Waals surface area contributed by atoms with Crippen molar-refractivity contribution in [2.75, 3.05) is 40.5 Å². The molecule has 3 N–H and O–H groups in total. The highest BCUT2D eigenvalue weighted by atomic mass is 28.4. The number of hydrogen-bond donors (Lipinski definition) is 2. The lowest BCUT2D eigenvalue weighted by atomic mass is 10.2. The SMILES string of the molecule is CO[Si](CCc1ccccc1)(OC)OCCNCCN.[SiH4]. The zero-order valence-corrected chi connectivity index (χ0v) is 13.4. The van der Waals surface area contributed by atoms with Crippen LogP contribution in [-0.4, -0.2) is 60.2 Å². The van der Waals surface area contributed by atoms with E-state index in [2.05, 4.69) is 17.4 Å². The third-order valence-corrected chi connectivity index (χ3v) is 5.86. The van der Waals surface area contributed by atoms with Gasteiger partial charge in [0, 0.05) is 39.9 Å². The molecule has 0 saturated heterocycles. The maximum atomic E-state index is 5.89. The van der Waals surface area contributed by atoms with E-state index in [-0.39, 0.29) is 11.0 Å². The van der Waals surface area contributed by atoms with E-state index in [0.29, 0.717) is 13.2 Å². The van der Waals surface area contributed by atoms with Crippen LogP contribution >= 0.6 is 0 Å². The Kier molecular flexibility index (Phi) is 11.7. The first-order chi connectivity index (χ1) is 9.76. The highest BCUT2D eigenvalue weighted by molar-refractivity contribution is 6.60. The lowest BCUT2D eigenvalue weighted by Crippen LogP contribution is -2.45. The second-order valence-electron chi connectivity index (χ2n) is 4.46. The number of nitrogens with two attached hydrogens (primary N) is 1. The van der Waals surface area contributed by atoms with Gasteiger partial charge in [-0.2, -0.15) is 0 Å². The van der Waals surface area contributed by atoms with Gasteiger partial charge in [-0.25, -0.2) is 0 Å². The van der Waals surface area contributed by atoms with E-state index in [1.54, 1.807) is 14.2 Å². The molecule has 1 aromatic carbocycles. The van der Waals surface area contributed by atoms with Crippen LogP contribution < -0.4 is 11.1 Å². The van der Waals surface area contributed by atoms with Crippen LogP contribution in [0.4, 0.5) is 0 Å². The van der Waals surface area contributed by atoms with Crippen LogP contribution in [0, 0.1) is 0 Å². The van der Waals surface area contributed by atoms with E-state index in [9.17, 15) is 0 Å². The maximum Gasteiger partial charge on any atom is 0.500 e. The first kappa shape index (κ1) is 20.5. The van der Waals surface area contributed by atoms with Crippen LogP contribution in [-0.2, 0) is 19.7 Å². The molecule has 0 spiro atoms. The van der Waals surface area contributed by atoms with E-state index >= 15 is 0 Å². The van der Waals surface area contributed by atoms with E-state index < -0.39 is 8.80 Å². The van der Waals surface area contributed by atoms with Gasteiger partial charge in [0.15, 0.2) is 0 Å². The Bertz CT molecular complexity index is 351. The summed E-state index contributed by atoms with van der Waals surface area (Å²) in [6, 6.07) is 11.1. The Balaban J connectivity index is 0.00000400. The number of benzene rings is 1. The Morgan fingerprint density at radius 3 is 2.33 bits per heavy atom. The molecule has 0 heterocycles. The van der Waals surface area contributed by atoms with Gasteiger partial charge in [-0.3, -0.25) is 0 Å². The molecule has 0 aliphatic rings. The quantitative estimate of drug-likeness (QED) is 0.426. The molecule has 21 heavy (non-hydrogen) atoms. The molecular formula is C14H30N2O3Si2. The van der Waals surface area contributed by atoms with Crippen molar-refractivity contribution in [2.45, 2.75) is 12.5 Å². The largest absolute Gasteiger partial charge is 0.500 e. The summed E-state index contributed by atoms with van der Waals surface area (Å²) in [5.74, 6) is 0. The minimum absolute atomic E-state index is 0. The van der Waals surface area contributed by atoms with Crippen molar-refractivity contribution in [1.82, 2.24) is 5.32 Å². The molecule has 1 aromatic rings. The highest BCUT2D eigenvalue weighted by Crippen LogP contribution is 2.17. The van der Waals surface area contributed by atoms with E-state index in [0.717, 1.165) is 25.6 Å². The standard InChI is InChI=1S/C14H26N2O3Si.H4Si/c1-17-20(18-2,19-12-11-16-10-9-15)13-8-14-6-4-3-5-7-14;/h3-7,16H,8-13,15H2,1-2H3;1H4. The first-order valence-electron chi connectivity index (χ1n) is 6.95. The van der Waals surface area contributed by atoms with Gasteiger partial charge in [0.25, 0.3) is 0 Å². The van der Waals surface area contributed by atoms with Gasteiger partial charge < -0.3 is 24.3 Å². The summed E-state index contributed by atoms with van der Waals surface area (Å²) >= 11 is 0. The molecule has 122 valence electrons. The number of hydrogen-bond acceptors (Lipinski definition) is 5. The molecule has 0 fully saturated rings. The normalized spacial score (nSPS) is 11.2. The summed E-state index contributed by atoms with van der Waals surface area (Å²) < 4.78 is 17.0. The molecule has 0 amide bonds. The molecule has 0 unspecified atom stereocenters. The van der Waals surface area contributed by atoms with Crippen LogP contribution in [0.2, 0.25) is 6.04 Å². The average molecular weight is 331 g/mol. The van der Waals surface area contributed by atoms with Crippen molar-refractivity contribution in [3.8, 4) is 0 Å². The molecule has 0 radical (unpaired) electrons. The zero-order valence-electron chi connectivity index (χ0n) is 12.4. The summed E-state index contributed by atoms with van der Waals surface area (Å²) in [5.41, 5.74) is 6.68. The van der Waals surface area contributed by atoms with Crippen LogP contribution in [0.15, 0.2) is 30.3 Å². The van der Waals surface area contributed by atoms with Crippen molar-refractivity contribution in [3.63, 3.8) is 0 Å². The van der Waals surface area contributed by atoms with E-state index in [1.165, 1.54) is 5.56 Å². The summed E-state index contributed by atoms with van der Waals surface area (Å²) in [6.45, 7) is 2.75. The smallest absolute Gasteiger partial charge is 0.377 e. The molecule has 1 rings (SSSR count). The minimum atomic E-state index is -2.56. The molecule has 0 aliphatic heterocycles. The van der Waals surface area contributed by atoms with E-state index in [1.807, 2.05) is 18.2 Å². The Morgan fingerprint density at radius 2 is 1.76 bits per heavy atom. The number of nitrogens with one attached hydrogen (secondary N) is 1. The fourth-order valence-corrected chi connectivity index (χ4v) is 3.89. The predicted octanol–water partition coefficient (Wildman–Crippen LogP) is -0.426. The third kappa shape index (κ3) is 7.86. The second kappa shape index (κ2) is 12.0. The zero-order chi connectivity index (χ0) is 14.7. The minimum Gasteiger partial charge on any atom is -0.377 e. The maximum absolute atomic E-state index is 5.89. The fourth-order valence-electron chi connectivity index (χ4n) is 1.93. The summed E-state index contributed by atoms with van der Waals surface area (Å²) in [6.07, 6.45) is 0.894. The molecule has 0 aromatic heterocycles. The monoisotopic (exact) mass is 330 g/mol. The lowest BCUT2D eigenvalue weighted by molar-refractivity contribution is 0.0992. The van der Waals surface area contributed by atoms with Gasteiger partial charge in [0.2, 0.25) is 0 Å². The van der Waals surface area contributed by atoms with Crippen molar-refractivity contribution >= 4 is 19.8 Å². The molecule has 7 heteroatoms. The van der Waals surface area contributed by atoms with Gasteiger partial charge in [-0.15, -0.1) is 0 Å². The lowest BCUT2D eigenvalue weighted by Gasteiger charge is -2.26. The van der Waals surface area contributed by atoms with Crippen LogP contribution in [0.3, 0.4) is 0 Å². The molecule has 0 bridgehead atoms. The third-order valence-electron chi connectivity index (χ3n) is 3.11. The van der Waals surface area contributed by atoms with Gasteiger partial charge in [-0.1, -0.05) is 30.3 Å².